The predicted molar refractivity (Wildman–Crippen MR) is 79.7 cm³/mol. The maximum atomic E-state index is 2.76. The molecule has 0 aromatic heterocycles. The Balaban J connectivity index is 0.000000416. The van der Waals surface area contributed by atoms with E-state index >= 15 is 0 Å². The van der Waals surface area contributed by atoms with Gasteiger partial charge in [0.05, 0.1) is 0 Å². The van der Waals surface area contributed by atoms with Crippen LogP contribution in [0.25, 0.3) is 0 Å². The average Bonchev–Trinajstić information content (AvgIpc) is 2.84. The van der Waals surface area contributed by atoms with Crippen molar-refractivity contribution >= 4 is 0 Å². The Hall–Kier alpha value is 0.0374. The molecule has 2 fully saturated rings. The summed E-state index contributed by atoms with van der Waals surface area (Å²) in [6.07, 6.45) is 17.7. The summed E-state index contributed by atoms with van der Waals surface area (Å²) in [5, 5.41) is 0. The Morgan fingerprint density at radius 2 is 1.58 bits per heavy atom. The van der Waals surface area contributed by atoms with Crippen molar-refractivity contribution in [1.29, 1.82) is 0 Å². The summed E-state index contributed by atoms with van der Waals surface area (Å²) >= 11 is 0. The van der Waals surface area contributed by atoms with Gasteiger partial charge in [-0.25, -0.2) is 0 Å². The van der Waals surface area contributed by atoms with Crippen molar-refractivity contribution in [2.24, 2.45) is 11.8 Å². The van der Waals surface area contributed by atoms with Crippen LogP contribution in [0.15, 0.2) is 24.3 Å². The molecular weight excluding hydrogens is 225 g/mol. The number of rotatable bonds is 1. The third-order valence-electron chi connectivity index (χ3n) is 4.40. The molecule has 1 saturated heterocycles. The van der Waals surface area contributed by atoms with E-state index in [9.17, 15) is 0 Å². The second-order valence-electron chi connectivity index (χ2n) is 5.96. The molecule has 0 aromatic rings. The van der Waals surface area contributed by atoms with E-state index in [2.05, 4.69) is 43.1 Å². The van der Waals surface area contributed by atoms with Gasteiger partial charge in [-0.3, -0.25) is 4.90 Å². The van der Waals surface area contributed by atoms with Crippen LogP contribution in [0, 0.1) is 11.8 Å². The van der Waals surface area contributed by atoms with Crippen molar-refractivity contribution < 1.29 is 18.9 Å². The minimum Gasteiger partial charge on any atom is -0.300 e. The molecule has 0 radical (unpaired) electrons. The Bertz CT molecular complexity index is 292. The smallest absolute Gasteiger partial charge is 0.300 e. The quantitative estimate of drug-likeness (QED) is 0.640. The molecule has 0 amide bonds. The first kappa shape index (κ1) is 17.1. The molecule has 1 heterocycles. The number of nitrogens with zero attached hydrogens (tertiary/aromatic N) is 1. The van der Waals surface area contributed by atoms with Crippen LogP contribution >= 0.6 is 0 Å². The zero-order valence-electron chi connectivity index (χ0n) is 13.1. The van der Waals surface area contributed by atoms with Gasteiger partial charge in [-0.05, 0) is 50.6 Å². The zero-order valence-corrected chi connectivity index (χ0v) is 13.1. The van der Waals surface area contributed by atoms with Gasteiger partial charge in [0, 0.05) is 6.04 Å². The van der Waals surface area contributed by atoms with Gasteiger partial charge in [0.1, 0.15) is 0 Å². The molecule has 1 saturated carbocycles. The SMILES string of the molecule is C1=CC2CCC(N3CCCCC3)C2C=C1.CCC.[Li+]. The molecule has 0 aromatic carbocycles. The van der Waals surface area contributed by atoms with E-state index in [-0.39, 0.29) is 18.9 Å². The number of piperidine rings is 1. The summed E-state index contributed by atoms with van der Waals surface area (Å²) in [5.41, 5.74) is 0. The van der Waals surface area contributed by atoms with Crippen molar-refractivity contribution in [2.45, 2.75) is 58.4 Å². The van der Waals surface area contributed by atoms with Gasteiger partial charge in [0.15, 0.2) is 0 Å². The molecule has 2 aliphatic carbocycles. The topological polar surface area (TPSA) is 3.24 Å². The van der Waals surface area contributed by atoms with E-state index in [0.29, 0.717) is 0 Å². The molecule has 0 spiro atoms. The van der Waals surface area contributed by atoms with Crippen molar-refractivity contribution in [3.05, 3.63) is 24.3 Å². The fourth-order valence-corrected chi connectivity index (χ4v) is 3.60. The summed E-state index contributed by atoms with van der Waals surface area (Å²) in [6.45, 7) is 6.96. The molecule has 0 N–H and O–H groups in total. The molecule has 1 nitrogen and oxygen atoms in total. The number of allylic oxidation sites excluding steroid dienone is 3. The normalized spacial score (nSPS) is 33.1. The summed E-state index contributed by atoms with van der Waals surface area (Å²) in [6, 6.07) is 0.858. The summed E-state index contributed by atoms with van der Waals surface area (Å²) in [7, 11) is 0. The van der Waals surface area contributed by atoms with Crippen molar-refractivity contribution in [2.75, 3.05) is 13.1 Å². The van der Waals surface area contributed by atoms with E-state index in [4.69, 9.17) is 0 Å². The van der Waals surface area contributed by atoms with Gasteiger partial charge in [0.2, 0.25) is 0 Å². The van der Waals surface area contributed by atoms with Crippen LogP contribution < -0.4 is 18.9 Å². The Morgan fingerprint density at radius 3 is 2.26 bits per heavy atom. The summed E-state index contributed by atoms with van der Waals surface area (Å²) in [4.78, 5) is 2.76. The van der Waals surface area contributed by atoms with Crippen molar-refractivity contribution in [3.63, 3.8) is 0 Å². The fourth-order valence-electron chi connectivity index (χ4n) is 3.60. The standard InChI is InChI=1S/C14H21N.C3H8.Li/c1-4-10-15(11-5-1)14-9-8-12-6-2-3-7-13(12)14;1-3-2;/h2-3,6-7,12-14H,1,4-5,8-11H2;3H2,1-2H3;/q;;+1. The van der Waals surface area contributed by atoms with Crippen molar-refractivity contribution in [1.82, 2.24) is 4.90 Å². The first-order chi connectivity index (χ1) is 8.86. The minimum absolute atomic E-state index is 0. The third-order valence-corrected chi connectivity index (χ3v) is 4.40. The largest absolute Gasteiger partial charge is 1.00 e. The zero-order chi connectivity index (χ0) is 12.8. The molecule has 2 heteroatoms. The Labute approximate surface area is 131 Å². The van der Waals surface area contributed by atoms with Crippen LogP contribution in [-0.4, -0.2) is 24.0 Å². The molecule has 3 atom stereocenters. The van der Waals surface area contributed by atoms with Crippen LogP contribution in [-0.2, 0) is 0 Å². The van der Waals surface area contributed by atoms with E-state index in [0.717, 1.165) is 17.9 Å². The second-order valence-corrected chi connectivity index (χ2v) is 5.96. The number of hydrogen-bond acceptors (Lipinski definition) is 1. The monoisotopic (exact) mass is 254 g/mol. The first-order valence-corrected chi connectivity index (χ1v) is 7.95. The minimum atomic E-state index is 0. The van der Waals surface area contributed by atoms with Crippen LogP contribution in [0.2, 0.25) is 0 Å². The van der Waals surface area contributed by atoms with Gasteiger partial charge in [-0.1, -0.05) is 51.0 Å². The van der Waals surface area contributed by atoms with Crippen molar-refractivity contribution in [3.8, 4) is 0 Å². The van der Waals surface area contributed by atoms with E-state index in [1.807, 2.05) is 0 Å². The number of hydrogen-bond donors (Lipinski definition) is 0. The molecule has 0 bridgehead atoms. The maximum Gasteiger partial charge on any atom is 1.00 e. The van der Waals surface area contributed by atoms with Gasteiger partial charge >= 0.3 is 18.9 Å². The van der Waals surface area contributed by atoms with Gasteiger partial charge in [-0.15, -0.1) is 0 Å². The Morgan fingerprint density at radius 1 is 0.947 bits per heavy atom. The average molecular weight is 254 g/mol. The number of fused-ring (bicyclic) bond motifs is 1. The van der Waals surface area contributed by atoms with E-state index in [1.165, 1.54) is 51.6 Å². The van der Waals surface area contributed by atoms with Crippen LogP contribution in [0.1, 0.15) is 52.4 Å². The molecule has 3 rings (SSSR count). The van der Waals surface area contributed by atoms with E-state index in [1.54, 1.807) is 0 Å². The molecule has 3 unspecified atom stereocenters. The molecule has 102 valence electrons. The summed E-state index contributed by atoms with van der Waals surface area (Å²) < 4.78 is 0. The molecule has 1 aliphatic heterocycles. The molecule has 3 aliphatic rings. The Kier molecular flexibility index (Phi) is 8.15. The van der Waals surface area contributed by atoms with Crippen LogP contribution in [0.3, 0.4) is 0 Å². The van der Waals surface area contributed by atoms with Crippen LogP contribution in [0.4, 0.5) is 0 Å². The van der Waals surface area contributed by atoms with E-state index < -0.39 is 0 Å². The van der Waals surface area contributed by atoms with Crippen LogP contribution in [0.5, 0.6) is 0 Å². The fraction of sp³-hybridized carbons (Fsp3) is 0.765. The molecular formula is C17H29LiN+. The van der Waals surface area contributed by atoms with Gasteiger partial charge in [-0.2, -0.15) is 0 Å². The predicted octanol–water partition coefficient (Wildman–Crippen LogP) is 1.41. The summed E-state index contributed by atoms with van der Waals surface area (Å²) in [5.74, 6) is 1.68. The maximum absolute atomic E-state index is 2.76. The molecule has 19 heavy (non-hydrogen) atoms. The number of likely N-dealkylation sites (tertiary alicyclic amines) is 1. The second kappa shape index (κ2) is 9.06. The van der Waals surface area contributed by atoms with Gasteiger partial charge in [0.25, 0.3) is 0 Å². The first-order valence-electron chi connectivity index (χ1n) is 7.95. The van der Waals surface area contributed by atoms with Gasteiger partial charge < -0.3 is 0 Å². The third kappa shape index (κ3) is 4.52.